The highest BCUT2D eigenvalue weighted by atomic mass is 16.2. The van der Waals surface area contributed by atoms with E-state index in [1.165, 1.54) is 25.7 Å². The van der Waals surface area contributed by atoms with Crippen molar-refractivity contribution in [2.75, 3.05) is 13.1 Å². The van der Waals surface area contributed by atoms with Crippen LogP contribution in [0.3, 0.4) is 0 Å². The van der Waals surface area contributed by atoms with Gasteiger partial charge < -0.3 is 10.6 Å². The minimum absolute atomic E-state index is 0.0945. The molecule has 2 N–H and O–H groups in total. The van der Waals surface area contributed by atoms with Gasteiger partial charge in [0.05, 0.1) is 12.2 Å². The van der Waals surface area contributed by atoms with Crippen molar-refractivity contribution in [1.29, 1.82) is 0 Å². The molecule has 2 aliphatic carbocycles. The first-order valence-electron chi connectivity index (χ1n) is 11.4. The Kier molecular flexibility index (Phi) is 6.80. The average Bonchev–Trinajstić information content (AvgIpc) is 3.23. The molecule has 1 aromatic rings. The van der Waals surface area contributed by atoms with Crippen LogP contribution >= 0.6 is 0 Å². The first-order valence-corrected chi connectivity index (χ1v) is 11.4. The fourth-order valence-electron chi connectivity index (χ4n) is 4.88. The molecule has 2 amide bonds. The minimum Gasteiger partial charge on any atom is -0.354 e. The molecule has 6 heteroatoms. The summed E-state index contributed by atoms with van der Waals surface area (Å²) < 4.78 is 0. The van der Waals surface area contributed by atoms with E-state index < -0.39 is 0 Å². The second-order valence-corrected chi connectivity index (χ2v) is 9.05. The number of carbonyl (C=O) groups is 2. The van der Waals surface area contributed by atoms with E-state index in [4.69, 9.17) is 0 Å². The summed E-state index contributed by atoms with van der Waals surface area (Å²) in [5.74, 6) is 1.34. The number of nitrogens with one attached hydrogen (secondary N) is 2. The second-order valence-electron chi connectivity index (χ2n) is 9.05. The summed E-state index contributed by atoms with van der Waals surface area (Å²) in [6, 6.07) is 6.40. The Morgan fingerprint density at radius 2 is 1.79 bits per heavy atom. The van der Waals surface area contributed by atoms with Gasteiger partial charge in [-0.2, -0.15) is 0 Å². The van der Waals surface area contributed by atoms with E-state index in [0.717, 1.165) is 50.4 Å². The van der Waals surface area contributed by atoms with Gasteiger partial charge in [0.2, 0.25) is 11.8 Å². The molecule has 158 valence electrons. The summed E-state index contributed by atoms with van der Waals surface area (Å²) in [5, 5.41) is 6.24. The van der Waals surface area contributed by atoms with E-state index in [1.54, 1.807) is 6.20 Å². The van der Waals surface area contributed by atoms with Gasteiger partial charge in [-0.05, 0) is 56.6 Å². The Bertz CT molecular complexity index is 685. The Morgan fingerprint density at radius 1 is 1.00 bits per heavy atom. The summed E-state index contributed by atoms with van der Waals surface area (Å²) in [4.78, 5) is 31.7. The van der Waals surface area contributed by atoms with Gasteiger partial charge in [-0.3, -0.25) is 19.5 Å². The van der Waals surface area contributed by atoms with Crippen LogP contribution in [0.5, 0.6) is 0 Å². The van der Waals surface area contributed by atoms with E-state index in [0.29, 0.717) is 19.0 Å². The summed E-state index contributed by atoms with van der Waals surface area (Å²) in [6.45, 7) is 2.28. The van der Waals surface area contributed by atoms with Crippen molar-refractivity contribution < 1.29 is 9.59 Å². The van der Waals surface area contributed by atoms with Crippen LogP contribution in [0, 0.1) is 11.8 Å². The highest BCUT2D eigenvalue weighted by Crippen LogP contribution is 2.35. The number of carbonyl (C=O) groups excluding carboxylic acids is 2. The van der Waals surface area contributed by atoms with Crippen molar-refractivity contribution in [2.24, 2.45) is 11.8 Å². The van der Waals surface area contributed by atoms with Gasteiger partial charge >= 0.3 is 0 Å². The molecule has 1 saturated heterocycles. The maximum Gasteiger partial charge on any atom is 0.223 e. The summed E-state index contributed by atoms with van der Waals surface area (Å²) in [5.41, 5.74) is 0.884. The number of amides is 2. The highest BCUT2D eigenvalue weighted by molar-refractivity contribution is 5.79. The predicted molar refractivity (Wildman–Crippen MR) is 112 cm³/mol. The third kappa shape index (κ3) is 5.78. The number of likely N-dealkylation sites (tertiary alicyclic amines) is 1. The molecular weight excluding hydrogens is 364 g/mol. The zero-order valence-corrected chi connectivity index (χ0v) is 17.3. The van der Waals surface area contributed by atoms with Crippen molar-refractivity contribution in [3.05, 3.63) is 30.1 Å². The lowest BCUT2D eigenvalue weighted by Crippen LogP contribution is -2.46. The lowest BCUT2D eigenvalue weighted by atomic mass is 10.1. The Morgan fingerprint density at radius 3 is 2.52 bits per heavy atom. The first-order chi connectivity index (χ1) is 14.2. The van der Waals surface area contributed by atoms with Crippen LogP contribution in [0.2, 0.25) is 0 Å². The van der Waals surface area contributed by atoms with Crippen LogP contribution in [0.25, 0.3) is 0 Å². The molecule has 2 heterocycles. The van der Waals surface area contributed by atoms with Gasteiger partial charge in [0.25, 0.3) is 0 Å². The Hall–Kier alpha value is -1.95. The number of hydrogen-bond donors (Lipinski definition) is 2. The molecule has 0 bridgehead atoms. The zero-order chi connectivity index (χ0) is 20.1. The summed E-state index contributed by atoms with van der Waals surface area (Å²) in [6.07, 6.45) is 11.4. The Labute approximate surface area is 173 Å². The molecule has 29 heavy (non-hydrogen) atoms. The van der Waals surface area contributed by atoms with Crippen LogP contribution in [-0.4, -0.2) is 46.9 Å². The number of nitrogens with zero attached hydrogens (tertiary/aromatic N) is 2. The molecule has 0 radical (unpaired) electrons. The number of rotatable bonds is 9. The predicted octanol–water partition coefficient (Wildman–Crippen LogP) is 2.64. The fourth-order valence-corrected chi connectivity index (χ4v) is 4.88. The minimum atomic E-state index is 0.0945. The molecule has 2 saturated carbocycles. The van der Waals surface area contributed by atoms with E-state index in [2.05, 4.69) is 20.5 Å². The number of hydrogen-bond acceptors (Lipinski definition) is 4. The number of pyridine rings is 1. The summed E-state index contributed by atoms with van der Waals surface area (Å²) in [7, 11) is 0. The monoisotopic (exact) mass is 398 g/mol. The number of aromatic nitrogens is 1. The topological polar surface area (TPSA) is 74.3 Å². The second kappa shape index (κ2) is 9.70. The first kappa shape index (κ1) is 20.3. The third-order valence-electron chi connectivity index (χ3n) is 6.79. The molecule has 1 aliphatic heterocycles. The van der Waals surface area contributed by atoms with Crippen molar-refractivity contribution >= 4 is 11.8 Å². The van der Waals surface area contributed by atoms with E-state index in [1.807, 2.05) is 18.2 Å². The normalized spacial score (nSPS) is 25.2. The summed E-state index contributed by atoms with van der Waals surface area (Å²) >= 11 is 0. The molecule has 0 unspecified atom stereocenters. The quantitative estimate of drug-likeness (QED) is 0.671. The molecule has 6 nitrogen and oxygen atoms in total. The SMILES string of the molecule is O=C(C[C@H]1CC[C@@H](CNC(=O)C2CCCC2)N1CC1CC1)NCc1ccccn1. The van der Waals surface area contributed by atoms with Crippen molar-refractivity contribution in [3.8, 4) is 0 Å². The largest absolute Gasteiger partial charge is 0.354 e. The van der Waals surface area contributed by atoms with E-state index in [-0.39, 0.29) is 23.8 Å². The van der Waals surface area contributed by atoms with Crippen LogP contribution < -0.4 is 10.6 Å². The van der Waals surface area contributed by atoms with Gasteiger partial charge in [0.1, 0.15) is 0 Å². The van der Waals surface area contributed by atoms with Crippen LogP contribution in [0.4, 0.5) is 0 Å². The van der Waals surface area contributed by atoms with Gasteiger partial charge in [-0.1, -0.05) is 18.9 Å². The standard InChI is InChI=1S/C23H34N4O2/c28-22(25-14-19-7-3-4-12-24-19)13-20-10-11-21(27(20)16-17-8-9-17)15-26-23(29)18-5-1-2-6-18/h3-4,7,12,17-18,20-21H,1-2,5-6,8-11,13-16H2,(H,25,28)(H,26,29)/t20-,21+/m1/s1. The van der Waals surface area contributed by atoms with Crippen LogP contribution in [-0.2, 0) is 16.1 Å². The molecule has 3 aliphatic rings. The Balaban J connectivity index is 1.27. The van der Waals surface area contributed by atoms with Gasteiger partial charge in [0, 0.05) is 43.7 Å². The molecule has 4 rings (SSSR count). The molecule has 3 fully saturated rings. The van der Waals surface area contributed by atoms with Crippen molar-refractivity contribution in [3.63, 3.8) is 0 Å². The van der Waals surface area contributed by atoms with Gasteiger partial charge in [0.15, 0.2) is 0 Å². The molecule has 0 aromatic carbocycles. The van der Waals surface area contributed by atoms with Crippen molar-refractivity contribution in [2.45, 2.75) is 76.4 Å². The van der Waals surface area contributed by atoms with E-state index in [9.17, 15) is 9.59 Å². The van der Waals surface area contributed by atoms with Crippen molar-refractivity contribution in [1.82, 2.24) is 20.5 Å². The molecule has 2 atom stereocenters. The van der Waals surface area contributed by atoms with Gasteiger partial charge in [-0.15, -0.1) is 0 Å². The maximum absolute atomic E-state index is 12.5. The maximum atomic E-state index is 12.5. The molecule has 1 aromatic heterocycles. The average molecular weight is 399 g/mol. The highest BCUT2D eigenvalue weighted by Gasteiger charge is 2.38. The smallest absolute Gasteiger partial charge is 0.223 e. The molecule has 0 spiro atoms. The van der Waals surface area contributed by atoms with E-state index >= 15 is 0 Å². The van der Waals surface area contributed by atoms with Crippen LogP contribution in [0.15, 0.2) is 24.4 Å². The molecular formula is C23H34N4O2. The lowest BCUT2D eigenvalue weighted by Gasteiger charge is -2.30. The van der Waals surface area contributed by atoms with Gasteiger partial charge in [-0.25, -0.2) is 0 Å². The lowest BCUT2D eigenvalue weighted by molar-refractivity contribution is -0.125. The zero-order valence-electron chi connectivity index (χ0n) is 17.3. The fraction of sp³-hybridized carbons (Fsp3) is 0.696. The van der Waals surface area contributed by atoms with Crippen LogP contribution in [0.1, 0.15) is 63.5 Å². The third-order valence-corrected chi connectivity index (χ3v) is 6.79.